The van der Waals surface area contributed by atoms with E-state index in [0.717, 1.165) is 7.11 Å². The molecule has 0 bridgehead atoms. The van der Waals surface area contributed by atoms with Crippen LogP contribution >= 0.6 is 11.6 Å². The average molecular weight is 336 g/mol. The number of methoxy groups -OCH3 is 1. The number of nitrogens with zero attached hydrogens (tertiary/aromatic N) is 1. The Labute approximate surface area is 126 Å². The fourth-order valence-electron chi connectivity index (χ4n) is 1.79. The molecule has 0 aromatic heterocycles. The molecule has 21 heavy (non-hydrogen) atoms. The van der Waals surface area contributed by atoms with Gasteiger partial charge in [-0.05, 0) is 6.07 Å². The number of esters is 1. The van der Waals surface area contributed by atoms with E-state index in [1.54, 1.807) is 0 Å². The van der Waals surface area contributed by atoms with Gasteiger partial charge in [-0.25, -0.2) is 8.42 Å². The van der Waals surface area contributed by atoms with E-state index in [9.17, 15) is 23.3 Å². The highest BCUT2D eigenvalue weighted by Crippen LogP contribution is 2.28. The molecule has 0 heterocycles. The summed E-state index contributed by atoms with van der Waals surface area (Å²) in [6, 6.07) is 3.93. The van der Waals surface area contributed by atoms with Crippen molar-refractivity contribution in [1.29, 1.82) is 0 Å². The van der Waals surface area contributed by atoms with Gasteiger partial charge in [-0.3, -0.25) is 14.9 Å². The van der Waals surface area contributed by atoms with E-state index in [0.29, 0.717) is 0 Å². The van der Waals surface area contributed by atoms with Crippen LogP contribution in [0.2, 0.25) is 5.02 Å². The average Bonchev–Trinajstić information content (AvgIpc) is 2.38. The van der Waals surface area contributed by atoms with Crippen molar-refractivity contribution in [1.82, 2.24) is 0 Å². The lowest BCUT2D eigenvalue weighted by Crippen LogP contribution is -2.23. The van der Waals surface area contributed by atoms with E-state index < -0.39 is 38.2 Å². The lowest BCUT2D eigenvalue weighted by molar-refractivity contribution is -0.385. The molecule has 1 aromatic carbocycles. The molecule has 0 aliphatic carbocycles. The Bertz CT molecular complexity index is 658. The minimum atomic E-state index is -3.76. The quantitative estimate of drug-likeness (QED) is 0.447. The van der Waals surface area contributed by atoms with Crippen molar-refractivity contribution in [2.75, 3.05) is 12.9 Å². The molecule has 1 rings (SSSR count). The van der Waals surface area contributed by atoms with Gasteiger partial charge in [0.05, 0.1) is 40.0 Å². The van der Waals surface area contributed by atoms with E-state index in [2.05, 4.69) is 4.74 Å². The van der Waals surface area contributed by atoms with Crippen LogP contribution in [0.5, 0.6) is 0 Å². The van der Waals surface area contributed by atoms with E-state index in [-0.39, 0.29) is 16.3 Å². The molecule has 0 fully saturated rings. The first-order chi connectivity index (χ1) is 9.68. The van der Waals surface area contributed by atoms with Gasteiger partial charge in [-0.1, -0.05) is 24.6 Å². The molecule has 116 valence electrons. The summed E-state index contributed by atoms with van der Waals surface area (Å²) in [5.74, 6) is -2.60. The molecule has 0 saturated carbocycles. The maximum absolute atomic E-state index is 12.1. The molecule has 0 amide bonds. The summed E-state index contributed by atoms with van der Waals surface area (Å²) in [4.78, 5) is 21.5. The zero-order valence-electron chi connectivity index (χ0n) is 11.4. The topological polar surface area (TPSA) is 104 Å². The number of halogens is 1. The lowest BCUT2D eigenvalue weighted by Gasteiger charge is -2.11. The van der Waals surface area contributed by atoms with Gasteiger partial charge < -0.3 is 4.74 Å². The normalized spacial score (nSPS) is 12.7. The first-order valence-electron chi connectivity index (χ1n) is 5.88. The van der Waals surface area contributed by atoms with E-state index >= 15 is 0 Å². The fourth-order valence-corrected chi connectivity index (χ4v) is 3.86. The van der Waals surface area contributed by atoms with E-state index in [4.69, 9.17) is 11.6 Å². The van der Waals surface area contributed by atoms with Crippen LogP contribution in [0.25, 0.3) is 0 Å². The Morgan fingerprint density at radius 2 is 2.10 bits per heavy atom. The first kappa shape index (κ1) is 17.4. The standard InChI is InChI=1S/C12H14ClNO6S/c1-8(12(15)20-2)6-21(18,19)7-9-10(13)4-3-5-11(9)14(16)17/h3-5,8H,6-7H2,1-2H3. The van der Waals surface area contributed by atoms with Crippen molar-refractivity contribution in [3.8, 4) is 0 Å². The Hall–Kier alpha value is -1.67. The van der Waals surface area contributed by atoms with Gasteiger partial charge in [0.15, 0.2) is 9.84 Å². The number of sulfone groups is 1. The zero-order chi connectivity index (χ0) is 16.2. The Kier molecular flexibility index (Phi) is 5.68. The Morgan fingerprint density at radius 1 is 1.48 bits per heavy atom. The SMILES string of the molecule is COC(=O)C(C)CS(=O)(=O)Cc1c(Cl)cccc1[N+](=O)[O-]. The van der Waals surface area contributed by atoms with Crippen LogP contribution in [-0.4, -0.2) is 32.2 Å². The van der Waals surface area contributed by atoms with Crippen LogP contribution in [0.4, 0.5) is 5.69 Å². The van der Waals surface area contributed by atoms with Crippen LogP contribution in [0.15, 0.2) is 18.2 Å². The number of carbonyl (C=O) groups excluding carboxylic acids is 1. The summed E-state index contributed by atoms with van der Waals surface area (Å²) in [5, 5.41) is 10.9. The van der Waals surface area contributed by atoms with Crippen molar-refractivity contribution in [2.45, 2.75) is 12.7 Å². The molecule has 9 heteroatoms. The molecule has 0 saturated heterocycles. The van der Waals surface area contributed by atoms with Crippen molar-refractivity contribution in [3.63, 3.8) is 0 Å². The van der Waals surface area contributed by atoms with Gasteiger partial charge >= 0.3 is 5.97 Å². The molecule has 0 aliphatic heterocycles. The van der Waals surface area contributed by atoms with Gasteiger partial charge in [0.1, 0.15) is 0 Å². The maximum atomic E-state index is 12.1. The molecule has 1 atom stereocenters. The second kappa shape index (κ2) is 6.86. The summed E-state index contributed by atoms with van der Waals surface area (Å²) >= 11 is 5.85. The molecule has 1 unspecified atom stereocenters. The maximum Gasteiger partial charge on any atom is 0.309 e. The van der Waals surface area contributed by atoms with Gasteiger partial charge in [-0.2, -0.15) is 0 Å². The molecule has 0 radical (unpaired) electrons. The predicted octanol–water partition coefficient (Wildman–Crippen LogP) is 1.97. The monoisotopic (exact) mass is 335 g/mol. The van der Waals surface area contributed by atoms with Crippen molar-refractivity contribution < 1.29 is 22.9 Å². The molecule has 7 nitrogen and oxygen atoms in total. The largest absolute Gasteiger partial charge is 0.469 e. The third kappa shape index (κ3) is 4.68. The first-order valence-corrected chi connectivity index (χ1v) is 8.08. The highest BCUT2D eigenvalue weighted by molar-refractivity contribution is 7.90. The Morgan fingerprint density at radius 3 is 2.62 bits per heavy atom. The summed E-state index contributed by atoms with van der Waals surface area (Å²) in [6.07, 6.45) is 0. The molecular formula is C12H14ClNO6S. The number of nitro benzene ring substituents is 1. The van der Waals surface area contributed by atoms with Crippen LogP contribution in [0, 0.1) is 16.0 Å². The van der Waals surface area contributed by atoms with Gasteiger partial charge in [-0.15, -0.1) is 0 Å². The van der Waals surface area contributed by atoms with Crippen LogP contribution in [-0.2, 0) is 25.1 Å². The third-order valence-corrected chi connectivity index (χ3v) is 4.85. The van der Waals surface area contributed by atoms with Gasteiger partial charge in [0.2, 0.25) is 0 Å². The number of carbonyl (C=O) groups is 1. The highest BCUT2D eigenvalue weighted by Gasteiger charge is 2.27. The summed E-state index contributed by atoms with van der Waals surface area (Å²) in [6.45, 7) is 1.41. The molecule has 0 spiro atoms. The van der Waals surface area contributed by atoms with Gasteiger partial charge in [0, 0.05) is 6.07 Å². The second-order valence-electron chi connectivity index (χ2n) is 4.47. The summed E-state index contributed by atoms with van der Waals surface area (Å²) < 4.78 is 28.6. The van der Waals surface area contributed by atoms with Gasteiger partial charge in [0.25, 0.3) is 5.69 Å². The lowest BCUT2D eigenvalue weighted by atomic mass is 10.2. The smallest absolute Gasteiger partial charge is 0.309 e. The van der Waals surface area contributed by atoms with Crippen LogP contribution in [0.1, 0.15) is 12.5 Å². The van der Waals surface area contributed by atoms with Crippen LogP contribution < -0.4 is 0 Å². The summed E-state index contributed by atoms with van der Waals surface area (Å²) in [5.41, 5.74) is -0.446. The zero-order valence-corrected chi connectivity index (χ0v) is 13.0. The van der Waals surface area contributed by atoms with E-state index in [1.807, 2.05) is 0 Å². The number of rotatable bonds is 6. The highest BCUT2D eigenvalue weighted by atomic mass is 35.5. The van der Waals surface area contributed by atoms with Crippen LogP contribution in [0.3, 0.4) is 0 Å². The fraction of sp³-hybridized carbons (Fsp3) is 0.417. The van der Waals surface area contributed by atoms with Crippen molar-refractivity contribution in [3.05, 3.63) is 38.9 Å². The number of nitro groups is 1. The number of hydrogen-bond donors (Lipinski definition) is 0. The van der Waals surface area contributed by atoms with Crippen molar-refractivity contribution >= 4 is 33.1 Å². The minimum Gasteiger partial charge on any atom is -0.469 e. The number of hydrogen-bond acceptors (Lipinski definition) is 6. The number of benzene rings is 1. The summed E-state index contributed by atoms with van der Waals surface area (Å²) in [7, 11) is -2.60. The molecule has 0 aliphatic rings. The Balaban J connectivity index is 3.05. The minimum absolute atomic E-state index is 0.00139. The second-order valence-corrected chi connectivity index (χ2v) is 6.99. The van der Waals surface area contributed by atoms with E-state index in [1.165, 1.54) is 25.1 Å². The molecular weight excluding hydrogens is 322 g/mol. The van der Waals surface area contributed by atoms with Crippen molar-refractivity contribution in [2.24, 2.45) is 5.92 Å². The third-order valence-electron chi connectivity index (χ3n) is 2.76. The predicted molar refractivity (Wildman–Crippen MR) is 76.8 cm³/mol. The molecule has 1 aromatic rings. The number of ether oxygens (including phenoxy) is 1. The molecule has 0 N–H and O–H groups in total.